The Bertz CT molecular complexity index is 750. The van der Waals surface area contributed by atoms with Gasteiger partial charge in [-0.3, -0.25) is 15.1 Å². The lowest BCUT2D eigenvalue weighted by Crippen LogP contribution is -2.12. The van der Waals surface area contributed by atoms with E-state index in [9.17, 15) is 13.6 Å². The van der Waals surface area contributed by atoms with E-state index in [0.717, 1.165) is 23.5 Å². The number of nitrogens with zero attached hydrogens (tertiary/aromatic N) is 2. The van der Waals surface area contributed by atoms with Crippen molar-refractivity contribution in [3.05, 3.63) is 53.9 Å². The lowest BCUT2D eigenvalue weighted by Gasteiger charge is -1.99. The highest BCUT2D eigenvalue weighted by Gasteiger charge is 2.12. The van der Waals surface area contributed by atoms with E-state index < -0.39 is 17.5 Å². The molecule has 2 aromatic heterocycles. The number of hydrogen-bond acceptors (Lipinski definition) is 4. The van der Waals surface area contributed by atoms with Crippen LogP contribution in [0.5, 0.6) is 0 Å². The van der Waals surface area contributed by atoms with Gasteiger partial charge in [0.25, 0.3) is 5.91 Å². The zero-order chi connectivity index (χ0) is 14.1. The number of anilines is 1. The Morgan fingerprint density at radius 3 is 2.75 bits per heavy atom. The Morgan fingerprint density at radius 1 is 1.20 bits per heavy atom. The summed E-state index contributed by atoms with van der Waals surface area (Å²) in [6.45, 7) is 0. The van der Waals surface area contributed by atoms with Crippen LogP contribution in [0.4, 0.5) is 13.9 Å². The van der Waals surface area contributed by atoms with Crippen molar-refractivity contribution in [1.82, 2.24) is 9.97 Å². The predicted octanol–water partition coefficient (Wildman–Crippen LogP) is 3.22. The lowest BCUT2D eigenvalue weighted by molar-refractivity contribution is 0.102. The van der Waals surface area contributed by atoms with Gasteiger partial charge in [-0.1, -0.05) is 17.4 Å². The number of halogens is 2. The average molecular weight is 291 g/mol. The number of amides is 1. The van der Waals surface area contributed by atoms with Crippen molar-refractivity contribution in [2.75, 3.05) is 5.32 Å². The Morgan fingerprint density at radius 2 is 2.00 bits per heavy atom. The van der Waals surface area contributed by atoms with Crippen molar-refractivity contribution in [3.8, 4) is 0 Å². The van der Waals surface area contributed by atoms with Gasteiger partial charge in [0.15, 0.2) is 16.8 Å². The van der Waals surface area contributed by atoms with Crippen molar-refractivity contribution in [2.24, 2.45) is 0 Å². The zero-order valence-electron chi connectivity index (χ0n) is 9.93. The molecule has 0 fully saturated rings. The molecule has 0 saturated carbocycles. The van der Waals surface area contributed by atoms with E-state index in [0.29, 0.717) is 10.2 Å². The first kappa shape index (κ1) is 12.6. The van der Waals surface area contributed by atoms with Crippen LogP contribution in [0.2, 0.25) is 0 Å². The number of thiazole rings is 1. The van der Waals surface area contributed by atoms with Gasteiger partial charge in [0.05, 0.1) is 10.2 Å². The fraction of sp³-hybridized carbons (Fsp3) is 0. The number of carbonyl (C=O) groups is 1. The van der Waals surface area contributed by atoms with Crippen LogP contribution in [0.25, 0.3) is 10.2 Å². The topological polar surface area (TPSA) is 54.9 Å². The Kier molecular flexibility index (Phi) is 3.11. The molecule has 1 aromatic carbocycles. The van der Waals surface area contributed by atoms with Crippen LogP contribution in [-0.4, -0.2) is 15.9 Å². The van der Waals surface area contributed by atoms with E-state index in [1.54, 1.807) is 18.2 Å². The maximum atomic E-state index is 13.1. The number of aromatic nitrogens is 2. The molecule has 0 aliphatic carbocycles. The average Bonchev–Trinajstić information content (AvgIpc) is 2.81. The molecule has 1 amide bonds. The third-order valence-electron chi connectivity index (χ3n) is 2.55. The number of rotatable bonds is 2. The molecular formula is C13H7F2N3OS. The van der Waals surface area contributed by atoms with Crippen LogP contribution in [0.1, 0.15) is 10.5 Å². The second-order valence-electron chi connectivity index (χ2n) is 3.92. The fourth-order valence-corrected chi connectivity index (χ4v) is 2.50. The van der Waals surface area contributed by atoms with Crippen molar-refractivity contribution >= 4 is 32.6 Å². The largest absolute Gasteiger partial charge is 0.296 e. The molecule has 20 heavy (non-hydrogen) atoms. The number of hydrogen-bond donors (Lipinski definition) is 1. The lowest BCUT2D eigenvalue weighted by atomic mass is 10.3. The molecular weight excluding hydrogens is 284 g/mol. The quantitative estimate of drug-likeness (QED) is 0.788. The number of benzene rings is 1. The van der Waals surface area contributed by atoms with E-state index in [1.807, 2.05) is 0 Å². The Hall–Kier alpha value is -2.41. The van der Waals surface area contributed by atoms with Crippen LogP contribution >= 0.6 is 11.3 Å². The first-order chi connectivity index (χ1) is 9.63. The fourth-order valence-electron chi connectivity index (χ4n) is 1.64. The highest BCUT2D eigenvalue weighted by atomic mass is 32.1. The first-order valence-corrected chi connectivity index (χ1v) is 6.43. The molecule has 1 N–H and O–H groups in total. The van der Waals surface area contributed by atoms with Crippen LogP contribution in [0, 0.1) is 11.6 Å². The van der Waals surface area contributed by atoms with Gasteiger partial charge in [0.1, 0.15) is 5.69 Å². The molecule has 100 valence electrons. The van der Waals surface area contributed by atoms with Gasteiger partial charge in [-0.25, -0.2) is 13.8 Å². The van der Waals surface area contributed by atoms with Crippen molar-refractivity contribution in [2.45, 2.75) is 0 Å². The van der Waals surface area contributed by atoms with E-state index >= 15 is 0 Å². The minimum absolute atomic E-state index is 0.240. The Balaban J connectivity index is 1.90. The van der Waals surface area contributed by atoms with Gasteiger partial charge in [-0.2, -0.15) is 0 Å². The SMILES string of the molecule is O=C(Nc1nc2cc(F)c(F)cc2s1)c1ccccn1. The van der Waals surface area contributed by atoms with Gasteiger partial charge in [0.2, 0.25) is 0 Å². The molecule has 0 unspecified atom stereocenters. The third kappa shape index (κ3) is 2.35. The Labute approximate surface area is 116 Å². The molecule has 0 aliphatic heterocycles. The summed E-state index contributed by atoms with van der Waals surface area (Å²) in [5.41, 5.74) is 0.536. The van der Waals surface area contributed by atoms with Gasteiger partial charge in [-0.05, 0) is 18.2 Å². The molecule has 3 aromatic rings. The molecule has 0 aliphatic rings. The molecule has 0 radical (unpaired) electrons. The second kappa shape index (κ2) is 4.93. The molecule has 7 heteroatoms. The molecule has 0 saturated heterocycles. The first-order valence-electron chi connectivity index (χ1n) is 5.61. The van der Waals surface area contributed by atoms with E-state index in [1.165, 1.54) is 6.20 Å². The minimum Gasteiger partial charge on any atom is -0.296 e. The van der Waals surface area contributed by atoms with Gasteiger partial charge < -0.3 is 0 Å². The highest BCUT2D eigenvalue weighted by Crippen LogP contribution is 2.27. The monoisotopic (exact) mass is 291 g/mol. The maximum Gasteiger partial charge on any atom is 0.276 e. The van der Waals surface area contributed by atoms with Crippen LogP contribution in [-0.2, 0) is 0 Å². The number of nitrogens with one attached hydrogen (secondary N) is 1. The number of carbonyl (C=O) groups excluding carboxylic acids is 1. The molecule has 0 spiro atoms. The predicted molar refractivity (Wildman–Crippen MR) is 71.7 cm³/mol. The third-order valence-corrected chi connectivity index (χ3v) is 3.48. The van der Waals surface area contributed by atoms with E-state index in [-0.39, 0.29) is 10.8 Å². The summed E-state index contributed by atoms with van der Waals surface area (Å²) in [4.78, 5) is 19.8. The zero-order valence-corrected chi connectivity index (χ0v) is 10.7. The maximum absolute atomic E-state index is 13.1. The molecule has 0 bridgehead atoms. The van der Waals surface area contributed by atoms with Gasteiger partial charge in [-0.15, -0.1) is 0 Å². The van der Waals surface area contributed by atoms with Gasteiger partial charge >= 0.3 is 0 Å². The molecule has 2 heterocycles. The summed E-state index contributed by atoms with van der Waals surface area (Å²) in [6, 6.07) is 6.99. The van der Waals surface area contributed by atoms with Crippen molar-refractivity contribution < 1.29 is 13.6 Å². The van der Waals surface area contributed by atoms with Gasteiger partial charge in [0, 0.05) is 12.3 Å². The minimum atomic E-state index is -0.967. The standard InChI is InChI=1S/C13H7F2N3OS/c14-7-5-10-11(6-8(7)15)20-13(17-10)18-12(19)9-3-1-2-4-16-9/h1-6H,(H,17,18,19). The van der Waals surface area contributed by atoms with Crippen molar-refractivity contribution in [1.29, 1.82) is 0 Å². The molecule has 4 nitrogen and oxygen atoms in total. The normalized spacial score (nSPS) is 10.7. The highest BCUT2D eigenvalue weighted by molar-refractivity contribution is 7.22. The van der Waals surface area contributed by atoms with Crippen LogP contribution < -0.4 is 5.32 Å². The summed E-state index contributed by atoms with van der Waals surface area (Å²) in [5, 5.41) is 2.81. The summed E-state index contributed by atoms with van der Waals surface area (Å²) < 4.78 is 26.6. The molecule has 0 atom stereocenters. The summed E-state index contributed by atoms with van der Waals surface area (Å²) in [6.07, 6.45) is 1.50. The summed E-state index contributed by atoms with van der Waals surface area (Å²) in [5.74, 6) is -2.33. The van der Waals surface area contributed by atoms with Crippen LogP contribution in [0.15, 0.2) is 36.5 Å². The number of pyridine rings is 1. The smallest absolute Gasteiger partial charge is 0.276 e. The summed E-state index contributed by atoms with van der Waals surface area (Å²) in [7, 11) is 0. The van der Waals surface area contributed by atoms with Crippen LogP contribution in [0.3, 0.4) is 0 Å². The second-order valence-corrected chi connectivity index (χ2v) is 4.95. The molecule has 3 rings (SSSR count). The van der Waals surface area contributed by atoms with Crippen molar-refractivity contribution in [3.63, 3.8) is 0 Å². The van der Waals surface area contributed by atoms with E-state index in [4.69, 9.17) is 0 Å². The number of fused-ring (bicyclic) bond motifs is 1. The summed E-state index contributed by atoms with van der Waals surface area (Å²) >= 11 is 1.07. The van der Waals surface area contributed by atoms with E-state index in [2.05, 4.69) is 15.3 Å².